The zero-order valence-corrected chi connectivity index (χ0v) is 8.41. The number of pyridine rings is 1. The maximum atomic E-state index is 10.6. The van der Waals surface area contributed by atoms with Gasteiger partial charge in [-0.15, -0.1) is 0 Å². The van der Waals surface area contributed by atoms with E-state index in [-0.39, 0.29) is 0 Å². The minimum atomic E-state index is -3.73. The number of ether oxygens (including phenoxy) is 1. The lowest BCUT2D eigenvalue weighted by Crippen LogP contribution is -2.21. The summed E-state index contributed by atoms with van der Waals surface area (Å²) in [7, 11) is -3.73. The lowest BCUT2D eigenvalue weighted by molar-refractivity contribution is 0.327. The number of rotatable bonds is 4. The molecule has 0 unspecified atom stereocenters. The predicted molar refractivity (Wildman–Crippen MR) is 52.1 cm³/mol. The minimum absolute atomic E-state index is 0.302. The van der Waals surface area contributed by atoms with Gasteiger partial charge >= 0.3 is 0 Å². The molecule has 0 fully saturated rings. The van der Waals surface area contributed by atoms with Gasteiger partial charge in [-0.2, -0.15) is 8.42 Å². The minimum Gasteiger partial charge on any atom is -0.478 e. The van der Waals surface area contributed by atoms with E-state index in [1.807, 2.05) is 6.92 Å². The Morgan fingerprint density at radius 1 is 1.57 bits per heavy atom. The van der Waals surface area contributed by atoms with Crippen LogP contribution in [0.5, 0.6) is 5.88 Å². The highest BCUT2D eigenvalue weighted by Gasteiger charge is 2.02. The number of anilines is 1. The average molecular weight is 217 g/mol. The van der Waals surface area contributed by atoms with Crippen LogP contribution in [0.1, 0.15) is 6.92 Å². The third-order valence-electron chi connectivity index (χ3n) is 1.29. The largest absolute Gasteiger partial charge is 0.478 e. The van der Waals surface area contributed by atoms with Crippen molar-refractivity contribution in [2.45, 2.75) is 6.92 Å². The molecule has 14 heavy (non-hydrogen) atoms. The van der Waals surface area contributed by atoms with Gasteiger partial charge in [-0.1, -0.05) is 0 Å². The van der Waals surface area contributed by atoms with Gasteiger partial charge in [0.1, 0.15) is 0 Å². The highest BCUT2D eigenvalue weighted by molar-refractivity contribution is 7.90. The summed E-state index contributed by atoms with van der Waals surface area (Å²) >= 11 is 0. The molecule has 78 valence electrons. The fourth-order valence-corrected chi connectivity index (χ4v) is 1.29. The second-order valence-corrected chi connectivity index (χ2v) is 3.76. The molecule has 0 atom stereocenters. The van der Waals surface area contributed by atoms with Crippen LogP contribution in [0.3, 0.4) is 0 Å². The van der Waals surface area contributed by atoms with E-state index in [9.17, 15) is 8.42 Å². The van der Waals surface area contributed by atoms with Gasteiger partial charge < -0.3 is 4.74 Å². The Kier molecular flexibility index (Phi) is 3.26. The van der Waals surface area contributed by atoms with Crippen LogP contribution >= 0.6 is 0 Å². The van der Waals surface area contributed by atoms with Crippen molar-refractivity contribution < 1.29 is 13.2 Å². The van der Waals surface area contributed by atoms with Gasteiger partial charge in [0.15, 0.2) is 0 Å². The molecule has 1 rings (SSSR count). The number of aromatic nitrogens is 1. The molecular weight excluding hydrogens is 206 g/mol. The SMILES string of the molecule is CCOc1ccc(NS(N)(=O)=O)cn1. The maximum absolute atomic E-state index is 10.6. The first-order valence-corrected chi connectivity index (χ1v) is 5.45. The summed E-state index contributed by atoms with van der Waals surface area (Å²) in [6.07, 6.45) is 1.33. The normalized spacial score (nSPS) is 11.0. The van der Waals surface area contributed by atoms with E-state index in [1.54, 1.807) is 6.07 Å². The van der Waals surface area contributed by atoms with E-state index >= 15 is 0 Å². The van der Waals surface area contributed by atoms with E-state index in [4.69, 9.17) is 9.88 Å². The zero-order valence-electron chi connectivity index (χ0n) is 7.60. The molecule has 0 bridgehead atoms. The fraction of sp³-hybridized carbons (Fsp3) is 0.286. The second kappa shape index (κ2) is 4.25. The Morgan fingerprint density at radius 3 is 2.71 bits per heavy atom. The molecule has 6 nitrogen and oxygen atoms in total. The molecule has 0 aromatic carbocycles. The predicted octanol–water partition coefficient (Wildman–Crippen LogP) is 0.0957. The van der Waals surface area contributed by atoms with Gasteiger partial charge in [0.25, 0.3) is 10.2 Å². The van der Waals surface area contributed by atoms with Crippen LogP contribution in [0.2, 0.25) is 0 Å². The molecule has 0 aliphatic rings. The van der Waals surface area contributed by atoms with E-state index in [1.165, 1.54) is 12.3 Å². The Balaban J connectivity index is 2.74. The number of nitrogens with one attached hydrogen (secondary N) is 1. The number of hydrogen-bond donors (Lipinski definition) is 2. The van der Waals surface area contributed by atoms with Gasteiger partial charge in [0, 0.05) is 6.07 Å². The first-order valence-electron chi connectivity index (χ1n) is 3.90. The van der Waals surface area contributed by atoms with Gasteiger partial charge in [-0.3, -0.25) is 4.72 Å². The van der Waals surface area contributed by atoms with Crippen LogP contribution in [0.15, 0.2) is 18.3 Å². The first kappa shape index (κ1) is 10.7. The fourth-order valence-electron chi connectivity index (χ4n) is 0.838. The van der Waals surface area contributed by atoms with Gasteiger partial charge in [0.2, 0.25) is 5.88 Å². The summed E-state index contributed by atoms with van der Waals surface area (Å²) in [4.78, 5) is 3.85. The summed E-state index contributed by atoms with van der Waals surface area (Å²) < 4.78 is 28.4. The van der Waals surface area contributed by atoms with Crippen molar-refractivity contribution in [1.82, 2.24) is 4.98 Å². The molecule has 0 aliphatic carbocycles. The van der Waals surface area contributed by atoms with Gasteiger partial charge in [-0.25, -0.2) is 10.1 Å². The van der Waals surface area contributed by atoms with Crippen molar-refractivity contribution >= 4 is 15.9 Å². The molecule has 1 heterocycles. The topological polar surface area (TPSA) is 94.3 Å². The van der Waals surface area contributed by atoms with E-state index < -0.39 is 10.2 Å². The molecule has 7 heteroatoms. The Hall–Kier alpha value is -1.34. The summed E-state index contributed by atoms with van der Waals surface area (Å²) in [5.41, 5.74) is 0.302. The van der Waals surface area contributed by atoms with Crippen molar-refractivity contribution in [3.8, 4) is 5.88 Å². The summed E-state index contributed by atoms with van der Waals surface area (Å²) in [5, 5.41) is 4.77. The van der Waals surface area contributed by atoms with Crippen LogP contribution < -0.4 is 14.6 Å². The van der Waals surface area contributed by atoms with E-state index in [0.29, 0.717) is 18.2 Å². The van der Waals surface area contributed by atoms with Crippen LogP contribution in [-0.4, -0.2) is 20.0 Å². The molecular formula is C7H11N3O3S. The monoisotopic (exact) mass is 217 g/mol. The Labute approximate surface area is 82.3 Å². The van der Waals surface area contributed by atoms with Gasteiger partial charge in [0.05, 0.1) is 18.5 Å². The molecule has 0 radical (unpaired) electrons. The van der Waals surface area contributed by atoms with Crippen molar-refractivity contribution in [3.05, 3.63) is 18.3 Å². The first-order chi connectivity index (χ1) is 6.51. The maximum Gasteiger partial charge on any atom is 0.296 e. The smallest absolute Gasteiger partial charge is 0.296 e. The summed E-state index contributed by atoms with van der Waals surface area (Å²) in [6, 6.07) is 3.07. The molecule has 0 amide bonds. The highest BCUT2D eigenvalue weighted by Crippen LogP contribution is 2.11. The lowest BCUT2D eigenvalue weighted by Gasteiger charge is -2.04. The summed E-state index contributed by atoms with van der Waals surface area (Å²) in [6.45, 7) is 2.34. The number of nitrogens with two attached hydrogens (primary N) is 1. The standard InChI is InChI=1S/C7H11N3O3S/c1-2-13-7-4-3-6(5-9-7)10-14(8,11)12/h3-5,10H,2H2,1H3,(H2,8,11,12). The van der Waals surface area contributed by atoms with Crippen molar-refractivity contribution in [1.29, 1.82) is 0 Å². The molecule has 0 saturated heterocycles. The van der Waals surface area contributed by atoms with Crippen molar-refractivity contribution in [2.24, 2.45) is 5.14 Å². The highest BCUT2D eigenvalue weighted by atomic mass is 32.2. The van der Waals surface area contributed by atoms with Crippen LogP contribution in [0, 0.1) is 0 Å². The van der Waals surface area contributed by atoms with Gasteiger partial charge in [-0.05, 0) is 13.0 Å². The van der Waals surface area contributed by atoms with Crippen LogP contribution in [0.4, 0.5) is 5.69 Å². The Bertz CT molecular complexity index is 387. The molecule has 3 N–H and O–H groups in total. The van der Waals surface area contributed by atoms with E-state index in [0.717, 1.165) is 0 Å². The van der Waals surface area contributed by atoms with Crippen LogP contribution in [0.25, 0.3) is 0 Å². The van der Waals surface area contributed by atoms with Crippen LogP contribution in [-0.2, 0) is 10.2 Å². The molecule has 0 aliphatic heterocycles. The van der Waals surface area contributed by atoms with Crippen molar-refractivity contribution in [2.75, 3.05) is 11.3 Å². The Morgan fingerprint density at radius 2 is 2.29 bits per heavy atom. The molecule has 1 aromatic rings. The average Bonchev–Trinajstić information content (AvgIpc) is 2.06. The number of hydrogen-bond acceptors (Lipinski definition) is 4. The summed E-state index contributed by atoms with van der Waals surface area (Å²) in [5.74, 6) is 0.437. The zero-order chi connectivity index (χ0) is 10.6. The van der Waals surface area contributed by atoms with Crippen molar-refractivity contribution in [3.63, 3.8) is 0 Å². The quantitative estimate of drug-likeness (QED) is 0.747. The lowest BCUT2D eigenvalue weighted by atomic mass is 10.4. The second-order valence-electron chi connectivity index (χ2n) is 2.47. The molecule has 0 saturated carbocycles. The third kappa shape index (κ3) is 3.58. The van der Waals surface area contributed by atoms with E-state index in [2.05, 4.69) is 9.71 Å². The third-order valence-corrected chi connectivity index (χ3v) is 1.81. The molecule has 1 aromatic heterocycles. The molecule has 0 spiro atoms. The number of nitrogens with zero attached hydrogens (tertiary/aromatic N) is 1.